The number of carbonyl (C=O) groups is 2. The van der Waals surface area contributed by atoms with E-state index in [1.165, 1.54) is 0 Å². The Hall–Kier alpha value is -1.84. The second-order valence-corrected chi connectivity index (χ2v) is 5.86. The SMILES string of the molecule is CCCC(CC(=O)O)NC(=O)C1(c2ccccc2)CCC1. The maximum absolute atomic E-state index is 12.7. The molecule has 0 saturated heterocycles. The smallest absolute Gasteiger partial charge is 0.305 e. The molecule has 1 aliphatic carbocycles. The van der Waals surface area contributed by atoms with Crippen LogP contribution in [0.5, 0.6) is 0 Å². The van der Waals surface area contributed by atoms with Gasteiger partial charge in [0.25, 0.3) is 0 Å². The highest BCUT2D eigenvalue weighted by Crippen LogP contribution is 2.44. The summed E-state index contributed by atoms with van der Waals surface area (Å²) >= 11 is 0. The summed E-state index contributed by atoms with van der Waals surface area (Å²) in [5.74, 6) is -0.879. The minimum atomic E-state index is -0.865. The van der Waals surface area contributed by atoms with Crippen LogP contribution in [0.1, 0.15) is 51.0 Å². The third-order valence-corrected chi connectivity index (χ3v) is 4.36. The molecule has 1 aliphatic rings. The minimum absolute atomic E-state index is 0.00947. The molecule has 4 nitrogen and oxygen atoms in total. The summed E-state index contributed by atoms with van der Waals surface area (Å²) in [5, 5.41) is 11.9. The van der Waals surface area contributed by atoms with Crippen LogP contribution in [0.15, 0.2) is 30.3 Å². The van der Waals surface area contributed by atoms with Crippen LogP contribution in [-0.2, 0) is 15.0 Å². The van der Waals surface area contributed by atoms with Crippen LogP contribution >= 0.6 is 0 Å². The Kier molecular flexibility index (Phi) is 4.99. The summed E-state index contributed by atoms with van der Waals surface area (Å²) in [6.45, 7) is 2.00. The van der Waals surface area contributed by atoms with Gasteiger partial charge in [0.05, 0.1) is 11.8 Å². The summed E-state index contributed by atoms with van der Waals surface area (Å²) in [5.41, 5.74) is 0.588. The van der Waals surface area contributed by atoms with E-state index in [1.807, 2.05) is 37.3 Å². The van der Waals surface area contributed by atoms with Gasteiger partial charge in [-0.25, -0.2) is 0 Å². The Labute approximate surface area is 125 Å². The number of hydrogen-bond acceptors (Lipinski definition) is 2. The zero-order chi connectivity index (χ0) is 15.3. The van der Waals surface area contributed by atoms with Crippen LogP contribution in [0.4, 0.5) is 0 Å². The van der Waals surface area contributed by atoms with Crippen molar-refractivity contribution in [2.24, 2.45) is 0 Å². The zero-order valence-electron chi connectivity index (χ0n) is 12.5. The van der Waals surface area contributed by atoms with Crippen molar-refractivity contribution in [1.29, 1.82) is 0 Å². The van der Waals surface area contributed by atoms with E-state index in [-0.39, 0.29) is 18.4 Å². The molecule has 1 aromatic rings. The number of nitrogens with one attached hydrogen (secondary N) is 1. The van der Waals surface area contributed by atoms with E-state index >= 15 is 0 Å². The predicted molar refractivity (Wildman–Crippen MR) is 81.1 cm³/mol. The van der Waals surface area contributed by atoms with Gasteiger partial charge in [-0.3, -0.25) is 9.59 Å². The van der Waals surface area contributed by atoms with Crippen LogP contribution < -0.4 is 5.32 Å². The molecule has 1 fully saturated rings. The van der Waals surface area contributed by atoms with E-state index < -0.39 is 11.4 Å². The summed E-state index contributed by atoms with van der Waals surface area (Å²) in [4.78, 5) is 23.6. The number of hydrogen-bond donors (Lipinski definition) is 2. The van der Waals surface area contributed by atoms with Gasteiger partial charge in [0.15, 0.2) is 0 Å². The Balaban J connectivity index is 2.11. The molecular formula is C17H23NO3. The topological polar surface area (TPSA) is 66.4 Å². The fourth-order valence-electron chi connectivity index (χ4n) is 3.04. The number of rotatable bonds is 7. The first-order valence-electron chi connectivity index (χ1n) is 7.67. The number of benzene rings is 1. The Bertz CT molecular complexity index is 494. The van der Waals surface area contributed by atoms with Gasteiger partial charge in [0.2, 0.25) is 5.91 Å². The van der Waals surface area contributed by atoms with Crippen molar-refractivity contribution >= 4 is 11.9 Å². The van der Waals surface area contributed by atoms with Crippen molar-refractivity contribution in [3.8, 4) is 0 Å². The van der Waals surface area contributed by atoms with Crippen LogP contribution in [0.25, 0.3) is 0 Å². The molecule has 0 heterocycles. The van der Waals surface area contributed by atoms with E-state index in [0.29, 0.717) is 6.42 Å². The van der Waals surface area contributed by atoms with E-state index in [2.05, 4.69) is 5.32 Å². The highest BCUT2D eigenvalue weighted by molar-refractivity contribution is 5.89. The third-order valence-electron chi connectivity index (χ3n) is 4.36. The minimum Gasteiger partial charge on any atom is -0.481 e. The van der Waals surface area contributed by atoms with Crippen LogP contribution in [0, 0.1) is 0 Å². The van der Waals surface area contributed by atoms with Gasteiger partial charge in [-0.2, -0.15) is 0 Å². The Morgan fingerprint density at radius 2 is 1.95 bits per heavy atom. The highest BCUT2D eigenvalue weighted by atomic mass is 16.4. The normalized spacial score (nSPS) is 17.6. The first-order chi connectivity index (χ1) is 10.1. The molecule has 2 N–H and O–H groups in total. The second kappa shape index (κ2) is 6.74. The first kappa shape index (κ1) is 15.5. The molecule has 114 valence electrons. The molecule has 1 saturated carbocycles. The first-order valence-corrected chi connectivity index (χ1v) is 7.67. The molecule has 1 atom stereocenters. The van der Waals surface area contributed by atoms with Crippen molar-refractivity contribution < 1.29 is 14.7 Å². The maximum atomic E-state index is 12.7. The Morgan fingerprint density at radius 1 is 1.29 bits per heavy atom. The van der Waals surface area contributed by atoms with Crippen molar-refractivity contribution in [3.05, 3.63) is 35.9 Å². The molecule has 1 amide bonds. The fraction of sp³-hybridized carbons (Fsp3) is 0.529. The van der Waals surface area contributed by atoms with Crippen LogP contribution in [0.3, 0.4) is 0 Å². The lowest BCUT2D eigenvalue weighted by atomic mass is 9.63. The Morgan fingerprint density at radius 3 is 2.43 bits per heavy atom. The number of carbonyl (C=O) groups excluding carboxylic acids is 1. The van der Waals surface area contributed by atoms with Crippen molar-refractivity contribution in [3.63, 3.8) is 0 Å². The predicted octanol–water partition coefficient (Wildman–Crippen LogP) is 2.87. The van der Waals surface area contributed by atoms with Gasteiger partial charge < -0.3 is 10.4 Å². The van der Waals surface area contributed by atoms with Gasteiger partial charge in [0, 0.05) is 6.04 Å². The molecule has 0 aliphatic heterocycles. The average molecular weight is 289 g/mol. The van der Waals surface area contributed by atoms with E-state index in [9.17, 15) is 9.59 Å². The molecule has 21 heavy (non-hydrogen) atoms. The lowest BCUT2D eigenvalue weighted by Crippen LogP contribution is -2.52. The summed E-state index contributed by atoms with van der Waals surface area (Å²) in [7, 11) is 0. The average Bonchev–Trinajstić information content (AvgIpc) is 2.38. The standard InChI is InChI=1S/C17H23NO3/c1-2-7-14(12-15(19)20)18-16(21)17(10-6-11-17)13-8-4-3-5-9-13/h3-5,8-9,14H,2,6-7,10-12H2,1H3,(H,18,21)(H,19,20). The highest BCUT2D eigenvalue weighted by Gasteiger charge is 2.45. The lowest BCUT2D eigenvalue weighted by molar-refractivity contribution is -0.138. The van der Waals surface area contributed by atoms with Gasteiger partial charge >= 0.3 is 5.97 Å². The van der Waals surface area contributed by atoms with Gasteiger partial charge in [-0.1, -0.05) is 50.1 Å². The van der Waals surface area contributed by atoms with Crippen molar-refractivity contribution in [2.75, 3.05) is 0 Å². The second-order valence-electron chi connectivity index (χ2n) is 5.86. The van der Waals surface area contributed by atoms with Crippen molar-refractivity contribution in [2.45, 2.75) is 56.9 Å². The number of carboxylic acid groups (broad SMARTS) is 1. The van der Waals surface area contributed by atoms with Crippen LogP contribution in [-0.4, -0.2) is 23.0 Å². The molecule has 0 aromatic heterocycles. The molecular weight excluding hydrogens is 266 g/mol. The molecule has 4 heteroatoms. The number of amides is 1. The molecule has 1 aromatic carbocycles. The number of carboxylic acids is 1. The summed E-state index contributed by atoms with van der Waals surface area (Å²) in [6, 6.07) is 9.54. The molecule has 2 rings (SSSR count). The van der Waals surface area contributed by atoms with Gasteiger partial charge in [-0.05, 0) is 24.8 Å². The quantitative estimate of drug-likeness (QED) is 0.811. The molecule has 0 bridgehead atoms. The van der Waals surface area contributed by atoms with E-state index in [1.54, 1.807) is 0 Å². The molecule has 1 unspecified atom stereocenters. The third kappa shape index (κ3) is 3.43. The monoisotopic (exact) mass is 289 g/mol. The summed E-state index contributed by atoms with van der Waals surface area (Å²) < 4.78 is 0. The summed E-state index contributed by atoms with van der Waals surface area (Å²) in [6.07, 6.45) is 4.27. The molecule has 0 spiro atoms. The fourth-order valence-corrected chi connectivity index (χ4v) is 3.04. The van der Waals surface area contributed by atoms with Gasteiger partial charge in [-0.15, -0.1) is 0 Å². The zero-order valence-corrected chi connectivity index (χ0v) is 12.5. The molecule has 0 radical (unpaired) electrons. The maximum Gasteiger partial charge on any atom is 0.305 e. The lowest BCUT2D eigenvalue weighted by Gasteiger charge is -2.41. The van der Waals surface area contributed by atoms with Crippen molar-refractivity contribution in [1.82, 2.24) is 5.32 Å². The number of aliphatic carboxylic acids is 1. The van der Waals surface area contributed by atoms with Gasteiger partial charge in [0.1, 0.15) is 0 Å². The largest absolute Gasteiger partial charge is 0.481 e. The van der Waals surface area contributed by atoms with E-state index in [0.717, 1.165) is 31.2 Å². The van der Waals surface area contributed by atoms with E-state index in [4.69, 9.17) is 5.11 Å². The van der Waals surface area contributed by atoms with Crippen LogP contribution in [0.2, 0.25) is 0 Å².